The fourth-order valence-electron chi connectivity index (χ4n) is 13.2. The summed E-state index contributed by atoms with van der Waals surface area (Å²) in [6, 6.07) is 8.98. The number of allylic oxidation sites excluding steroid dienone is 8. The van der Waals surface area contributed by atoms with Gasteiger partial charge in [0.2, 0.25) is 5.69 Å². The summed E-state index contributed by atoms with van der Waals surface area (Å²) in [6.07, 6.45) is 12.2. The van der Waals surface area contributed by atoms with E-state index in [4.69, 9.17) is 0 Å². The Bertz CT molecular complexity index is 4330. The van der Waals surface area contributed by atoms with Crippen LogP contribution in [0.5, 0.6) is 0 Å². The zero-order chi connectivity index (χ0) is 83.7. The molecule has 2 heterocycles. The predicted octanol–water partition coefficient (Wildman–Crippen LogP) is 13.0. The third-order valence-electron chi connectivity index (χ3n) is 19.6. The summed E-state index contributed by atoms with van der Waals surface area (Å²) in [4.78, 5) is 21.6. The van der Waals surface area contributed by atoms with Crippen molar-refractivity contribution in [2.45, 2.75) is 200 Å². The van der Waals surface area contributed by atoms with Crippen molar-refractivity contribution >= 4 is 105 Å². The lowest BCUT2D eigenvalue weighted by atomic mass is 9.75. The summed E-state index contributed by atoms with van der Waals surface area (Å²) < 4.78 is 209. The van der Waals surface area contributed by atoms with Crippen LogP contribution >= 0.6 is 0 Å². The van der Waals surface area contributed by atoms with Crippen molar-refractivity contribution in [1.29, 1.82) is 0 Å². The van der Waals surface area contributed by atoms with Gasteiger partial charge in [-0.25, -0.2) is 0 Å². The molecule has 0 saturated heterocycles. The molecule has 33 heteroatoms. The SMILES string of the molecule is CC1(C)C(/C=C/C=C/C=C/C=C2\N(CCCS(=O)(=O)O)c3ccc4c(S(=O)(=O)O)cc(S(=O)(=O)O)cc4c3C2(C)CCCCCC(=O)O)=[N+](CCCS(=O)(=O)O)c2ccc3c(S(=O)(=O)O)cc(S(=O)(=O)O)cc3c21.CCN(CC)CC.CCN(CC)CC.CCN(CC)CC.CCN(CC)CC.CCN(CC)CC. The second-order valence-corrected chi connectivity index (χ2v) is 35.3. The molecule has 27 nitrogen and oxygen atoms in total. The maximum atomic E-state index is 12.7. The summed E-state index contributed by atoms with van der Waals surface area (Å²) in [5.41, 5.74) is 0.101. The minimum atomic E-state index is -5.11. The zero-order valence-electron chi connectivity index (χ0n) is 67.6. The molecule has 6 rings (SSSR count). The lowest BCUT2D eigenvalue weighted by Gasteiger charge is -2.31. The number of hydrogen-bond donors (Lipinski definition) is 7. The van der Waals surface area contributed by atoms with E-state index in [0.717, 1.165) is 12.1 Å². The van der Waals surface area contributed by atoms with Gasteiger partial charge in [0.05, 0.1) is 26.7 Å². The highest BCUT2D eigenvalue weighted by molar-refractivity contribution is 7.87. The van der Waals surface area contributed by atoms with Gasteiger partial charge < -0.3 is 34.5 Å². The molecule has 0 fully saturated rings. The first-order valence-corrected chi connectivity index (χ1v) is 46.7. The second kappa shape index (κ2) is 47.3. The van der Waals surface area contributed by atoms with Crippen molar-refractivity contribution in [2.75, 3.05) is 128 Å². The highest BCUT2D eigenvalue weighted by atomic mass is 32.2. The first-order valence-electron chi connectivity index (χ1n) is 37.7. The Morgan fingerprint density at radius 3 is 1.16 bits per heavy atom. The van der Waals surface area contributed by atoms with Gasteiger partial charge in [0.1, 0.15) is 16.3 Å². The van der Waals surface area contributed by atoms with Crippen molar-refractivity contribution < 1.29 is 92.3 Å². The number of nitrogens with zero attached hydrogens (tertiary/aromatic N) is 7. The molecule has 1 atom stereocenters. The Morgan fingerprint density at radius 2 is 0.798 bits per heavy atom. The van der Waals surface area contributed by atoms with Gasteiger partial charge in [0.15, 0.2) is 5.71 Å². The van der Waals surface area contributed by atoms with Crippen LogP contribution in [0.4, 0.5) is 11.4 Å². The van der Waals surface area contributed by atoms with Gasteiger partial charge in [0, 0.05) is 64.7 Å². The molecule has 0 aromatic heterocycles. The topological polar surface area (TPSA) is 386 Å². The van der Waals surface area contributed by atoms with Crippen LogP contribution in [0.2, 0.25) is 0 Å². The maximum Gasteiger partial charge on any atom is 0.303 e. The molecule has 4 aromatic rings. The minimum Gasteiger partial charge on any atom is -0.481 e. The van der Waals surface area contributed by atoms with E-state index < -0.39 is 109 Å². The molecule has 2 aliphatic heterocycles. The molecule has 1 unspecified atom stereocenters. The van der Waals surface area contributed by atoms with E-state index in [2.05, 4.69) is 128 Å². The summed E-state index contributed by atoms with van der Waals surface area (Å²) in [5.74, 6) is -2.32. The molecule has 0 bridgehead atoms. The van der Waals surface area contributed by atoms with E-state index in [1.54, 1.807) is 72.8 Å². The highest BCUT2D eigenvalue weighted by Crippen LogP contribution is 2.54. The van der Waals surface area contributed by atoms with Gasteiger partial charge in [-0.1, -0.05) is 153 Å². The molecule has 0 aliphatic carbocycles. The summed E-state index contributed by atoms with van der Waals surface area (Å²) in [5, 5.41) is 9.11. The molecule has 0 spiro atoms. The number of aliphatic carboxylic acids is 1. The summed E-state index contributed by atoms with van der Waals surface area (Å²) in [6.45, 7) is 55.7. The Morgan fingerprint density at radius 1 is 0.431 bits per heavy atom. The number of hydrogen-bond acceptors (Lipinski definition) is 19. The van der Waals surface area contributed by atoms with Crippen molar-refractivity contribution in [3.8, 4) is 0 Å². The molecule has 0 amide bonds. The molecule has 2 aliphatic rings. The molecule has 0 saturated carbocycles. The lowest BCUT2D eigenvalue weighted by molar-refractivity contribution is -0.437. The smallest absolute Gasteiger partial charge is 0.303 e. The van der Waals surface area contributed by atoms with E-state index in [0.29, 0.717) is 58.9 Å². The van der Waals surface area contributed by atoms with E-state index in [-0.39, 0.29) is 66.7 Å². The fraction of sp³-hybridized carbons (Fsp3) is 0.605. The minimum absolute atomic E-state index is 0.00253. The second-order valence-electron chi connectivity index (χ2n) is 26.5. The Kier molecular flexibility index (Phi) is 44.1. The van der Waals surface area contributed by atoms with Gasteiger partial charge >= 0.3 is 5.97 Å². The molecular weight excluding hydrogens is 1520 g/mol. The van der Waals surface area contributed by atoms with Crippen LogP contribution in [0.3, 0.4) is 0 Å². The lowest BCUT2D eigenvalue weighted by Crippen LogP contribution is -2.30. The average Bonchev–Trinajstić information content (AvgIpc) is 1.60. The van der Waals surface area contributed by atoms with E-state index in [1.165, 1.54) is 122 Å². The third kappa shape index (κ3) is 32.2. The van der Waals surface area contributed by atoms with Crippen molar-refractivity contribution in [2.24, 2.45) is 0 Å². The van der Waals surface area contributed by atoms with Gasteiger partial charge in [-0.2, -0.15) is 55.1 Å². The molecule has 622 valence electrons. The Balaban J connectivity index is 0.00000139. The van der Waals surface area contributed by atoms with Crippen LogP contribution in [0.25, 0.3) is 21.5 Å². The van der Waals surface area contributed by atoms with Gasteiger partial charge in [-0.05, 0) is 197 Å². The van der Waals surface area contributed by atoms with Gasteiger partial charge in [-0.15, -0.1) is 0 Å². The Labute approximate surface area is 653 Å². The molecule has 7 N–H and O–H groups in total. The maximum absolute atomic E-state index is 12.7. The number of benzene rings is 4. The number of carboxylic acid groups (broad SMARTS) is 1. The predicted molar refractivity (Wildman–Crippen MR) is 440 cm³/mol. The number of carbonyl (C=O) groups is 1. The fourth-order valence-corrected chi connectivity index (χ4v) is 16.8. The summed E-state index contributed by atoms with van der Waals surface area (Å²) in [7, 11) is -29.1. The van der Waals surface area contributed by atoms with E-state index in [1.807, 2.05) is 0 Å². The highest BCUT2D eigenvalue weighted by Gasteiger charge is 2.47. The number of fused-ring (bicyclic) bond motifs is 6. The van der Waals surface area contributed by atoms with Crippen LogP contribution in [0.1, 0.15) is 181 Å². The Hall–Kier alpha value is -5.44. The van der Waals surface area contributed by atoms with Gasteiger partial charge in [0.25, 0.3) is 60.7 Å². The van der Waals surface area contributed by atoms with Crippen molar-refractivity contribution in [3.05, 3.63) is 108 Å². The first-order chi connectivity index (χ1) is 50.7. The number of rotatable bonds is 37. The summed E-state index contributed by atoms with van der Waals surface area (Å²) >= 11 is 0. The van der Waals surface area contributed by atoms with Crippen LogP contribution in [0.15, 0.2) is 116 Å². The van der Waals surface area contributed by atoms with E-state index >= 15 is 0 Å². The average molecular weight is 1650 g/mol. The van der Waals surface area contributed by atoms with Gasteiger partial charge in [-0.3, -0.25) is 32.1 Å². The molecular formula is C76H128N7O20S6+. The number of unbranched alkanes of at least 4 members (excludes halogenated alkanes) is 2. The normalized spacial score (nSPS) is 15.7. The first kappa shape index (κ1) is 102. The van der Waals surface area contributed by atoms with Crippen molar-refractivity contribution in [3.63, 3.8) is 0 Å². The molecule has 0 radical (unpaired) electrons. The van der Waals surface area contributed by atoms with Crippen LogP contribution in [-0.4, -0.2) is 246 Å². The molecule has 109 heavy (non-hydrogen) atoms. The number of carboxylic acids is 1. The zero-order valence-corrected chi connectivity index (χ0v) is 72.5. The van der Waals surface area contributed by atoms with Crippen LogP contribution in [-0.2, 0) is 76.3 Å². The van der Waals surface area contributed by atoms with Crippen LogP contribution in [0, 0.1) is 0 Å². The molecule has 4 aromatic carbocycles. The van der Waals surface area contributed by atoms with Crippen molar-refractivity contribution in [1.82, 2.24) is 24.5 Å². The van der Waals surface area contributed by atoms with E-state index in [9.17, 15) is 87.7 Å². The third-order valence-corrected chi connectivity index (χ3v) is 24.7. The monoisotopic (exact) mass is 1650 g/mol. The largest absolute Gasteiger partial charge is 0.481 e. The standard InChI is InChI=1S/C46H52N2O20S6.5C6H15N/c1-45(2)40(47(22-12-24-69(51,52)53)36-19-17-32-34(43(36)45)26-30(71(57,58)59)28-38(32)73(63,64)65)14-8-5-4-6-9-15-41-46(3,21-11-7-10-16-42(49)50)44-35-27-31(72(60,61)62)29-39(74(66,67)68)33(35)18-20-37(44)48(41)23-13-25-70(54,55)56;5*1-4-7(5-2)6-3/h4-6,8-9,14-15,17-20,26-29H,7,10-13,16,21-25H2,1-3H3,(H6-,49,50,51,52,53,54,55,56,57,58,59,60,61,62,63,64,65,66,67,68);5*4-6H2,1-3H3/p+1. The quantitative estimate of drug-likeness (QED) is 0.00954. The van der Waals surface area contributed by atoms with Crippen LogP contribution < -0.4 is 4.90 Å². The number of anilines is 1.